The first-order valence-electron chi connectivity index (χ1n) is 9.87. The van der Waals surface area contributed by atoms with Crippen molar-refractivity contribution in [2.24, 2.45) is 5.92 Å². The predicted octanol–water partition coefficient (Wildman–Crippen LogP) is 2.99. The second-order valence-corrected chi connectivity index (χ2v) is 7.51. The summed E-state index contributed by atoms with van der Waals surface area (Å²) in [5, 5.41) is 11.7. The van der Waals surface area contributed by atoms with E-state index in [4.69, 9.17) is 0 Å². The standard InChI is InChI=1S/C21H26N6O/c1-15-24-16(2)27(25-15)11-3-10-22-21(28)19-8-6-18(7-9-19)20-12-23-26(14-20)13-17-4-5-17/h6-9,12,14,17H,3-5,10-11,13H2,1-2H3,(H,22,28). The van der Waals surface area contributed by atoms with Crippen molar-refractivity contribution in [1.29, 1.82) is 0 Å². The topological polar surface area (TPSA) is 77.6 Å². The Labute approximate surface area is 164 Å². The summed E-state index contributed by atoms with van der Waals surface area (Å²) in [6.45, 7) is 6.18. The molecule has 7 heteroatoms. The molecule has 0 unspecified atom stereocenters. The normalized spacial score (nSPS) is 13.6. The summed E-state index contributed by atoms with van der Waals surface area (Å²) in [5.74, 6) is 2.43. The maximum Gasteiger partial charge on any atom is 0.251 e. The van der Waals surface area contributed by atoms with E-state index < -0.39 is 0 Å². The van der Waals surface area contributed by atoms with Crippen molar-refractivity contribution in [3.8, 4) is 11.1 Å². The summed E-state index contributed by atoms with van der Waals surface area (Å²) in [5.41, 5.74) is 2.84. The third kappa shape index (κ3) is 4.47. The number of hydrogen-bond donors (Lipinski definition) is 1. The zero-order valence-corrected chi connectivity index (χ0v) is 16.4. The Morgan fingerprint density at radius 1 is 1.18 bits per heavy atom. The van der Waals surface area contributed by atoms with Gasteiger partial charge in [0, 0.05) is 37.0 Å². The van der Waals surface area contributed by atoms with Crippen LogP contribution in [0.2, 0.25) is 0 Å². The molecule has 0 saturated heterocycles. The lowest BCUT2D eigenvalue weighted by atomic mass is 10.1. The second-order valence-electron chi connectivity index (χ2n) is 7.51. The van der Waals surface area contributed by atoms with E-state index in [1.807, 2.05) is 53.7 Å². The summed E-state index contributed by atoms with van der Waals surface area (Å²) >= 11 is 0. The minimum atomic E-state index is -0.0533. The van der Waals surface area contributed by atoms with Crippen molar-refractivity contribution in [1.82, 2.24) is 29.9 Å². The average molecular weight is 378 g/mol. The number of nitrogens with zero attached hydrogens (tertiary/aromatic N) is 5. The van der Waals surface area contributed by atoms with Crippen molar-refractivity contribution >= 4 is 5.91 Å². The molecule has 4 rings (SSSR count). The number of amides is 1. The van der Waals surface area contributed by atoms with E-state index in [0.29, 0.717) is 12.1 Å². The summed E-state index contributed by atoms with van der Waals surface area (Å²) in [7, 11) is 0. The van der Waals surface area contributed by atoms with Crippen molar-refractivity contribution in [3.63, 3.8) is 0 Å². The molecule has 146 valence electrons. The van der Waals surface area contributed by atoms with Crippen LogP contribution in [0.15, 0.2) is 36.7 Å². The first-order valence-corrected chi connectivity index (χ1v) is 9.87. The molecular formula is C21H26N6O. The zero-order valence-electron chi connectivity index (χ0n) is 16.4. The fourth-order valence-corrected chi connectivity index (χ4v) is 3.30. The molecule has 2 heterocycles. The first kappa shape index (κ1) is 18.4. The van der Waals surface area contributed by atoms with E-state index in [9.17, 15) is 4.79 Å². The van der Waals surface area contributed by atoms with Gasteiger partial charge >= 0.3 is 0 Å². The molecule has 7 nitrogen and oxygen atoms in total. The van der Waals surface area contributed by atoms with E-state index in [-0.39, 0.29) is 5.91 Å². The predicted molar refractivity (Wildman–Crippen MR) is 107 cm³/mol. The third-order valence-corrected chi connectivity index (χ3v) is 5.05. The summed E-state index contributed by atoms with van der Waals surface area (Å²) < 4.78 is 3.89. The largest absolute Gasteiger partial charge is 0.352 e. The minimum Gasteiger partial charge on any atom is -0.352 e. The van der Waals surface area contributed by atoms with Crippen LogP contribution >= 0.6 is 0 Å². The van der Waals surface area contributed by atoms with Crippen LogP contribution in [0.1, 0.15) is 41.3 Å². The van der Waals surface area contributed by atoms with Gasteiger partial charge in [0.05, 0.1) is 6.20 Å². The number of hydrogen-bond acceptors (Lipinski definition) is 4. The lowest BCUT2D eigenvalue weighted by Gasteiger charge is -2.07. The van der Waals surface area contributed by atoms with Crippen LogP contribution in [0.5, 0.6) is 0 Å². The summed E-state index contributed by atoms with van der Waals surface area (Å²) in [6, 6.07) is 7.70. The lowest BCUT2D eigenvalue weighted by Crippen LogP contribution is -2.25. The monoisotopic (exact) mass is 378 g/mol. The molecule has 1 aliphatic carbocycles. The molecule has 28 heavy (non-hydrogen) atoms. The molecule has 1 N–H and O–H groups in total. The number of benzene rings is 1. The van der Waals surface area contributed by atoms with Crippen LogP contribution in [0.25, 0.3) is 11.1 Å². The first-order chi connectivity index (χ1) is 13.6. The van der Waals surface area contributed by atoms with E-state index >= 15 is 0 Å². The fourth-order valence-electron chi connectivity index (χ4n) is 3.30. The van der Waals surface area contributed by atoms with Gasteiger partial charge in [0.15, 0.2) is 0 Å². The van der Waals surface area contributed by atoms with Gasteiger partial charge in [-0.25, -0.2) is 4.98 Å². The second kappa shape index (κ2) is 7.96. The number of carbonyl (C=O) groups is 1. The smallest absolute Gasteiger partial charge is 0.251 e. The highest BCUT2D eigenvalue weighted by molar-refractivity contribution is 5.94. The van der Waals surface area contributed by atoms with Gasteiger partial charge in [-0.1, -0.05) is 12.1 Å². The molecule has 2 aromatic heterocycles. The van der Waals surface area contributed by atoms with Crippen molar-refractivity contribution < 1.29 is 4.79 Å². The maximum absolute atomic E-state index is 12.3. The number of aromatic nitrogens is 5. The number of rotatable bonds is 8. The lowest BCUT2D eigenvalue weighted by molar-refractivity contribution is 0.0952. The van der Waals surface area contributed by atoms with Crippen LogP contribution in [0.4, 0.5) is 0 Å². The molecule has 0 radical (unpaired) electrons. The van der Waals surface area contributed by atoms with Gasteiger partial charge in [0.1, 0.15) is 11.6 Å². The van der Waals surface area contributed by atoms with Crippen LogP contribution in [-0.4, -0.2) is 37.0 Å². The molecule has 1 saturated carbocycles. The number of nitrogens with one attached hydrogen (secondary N) is 1. The Morgan fingerprint density at radius 3 is 2.64 bits per heavy atom. The SMILES string of the molecule is Cc1nc(C)n(CCCNC(=O)c2ccc(-c3cnn(CC4CC4)c3)cc2)n1. The van der Waals surface area contributed by atoms with Gasteiger partial charge in [0.25, 0.3) is 5.91 Å². The van der Waals surface area contributed by atoms with Gasteiger partial charge in [0.2, 0.25) is 0 Å². The number of aryl methyl sites for hydroxylation is 3. The quantitative estimate of drug-likeness (QED) is 0.611. The Morgan fingerprint density at radius 2 is 1.96 bits per heavy atom. The summed E-state index contributed by atoms with van der Waals surface area (Å²) in [4.78, 5) is 16.6. The van der Waals surface area contributed by atoms with E-state index in [1.165, 1.54) is 12.8 Å². The molecule has 0 aliphatic heterocycles. The van der Waals surface area contributed by atoms with Gasteiger partial charge in [-0.05, 0) is 56.7 Å². The van der Waals surface area contributed by atoms with E-state index in [2.05, 4.69) is 26.7 Å². The van der Waals surface area contributed by atoms with Crippen molar-refractivity contribution in [3.05, 3.63) is 53.9 Å². The Balaban J connectivity index is 1.27. The highest BCUT2D eigenvalue weighted by atomic mass is 16.1. The zero-order chi connectivity index (χ0) is 19.5. The van der Waals surface area contributed by atoms with Crippen LogP contribution in [-0.2, 0) is 13.1 Å². The average Bonchev–Trinajstić information content (AvgIpc) is 3.27. The van der Waals surface area contributed by atoms with Crippen LogP contribution in [0, 0.1) is 19.8 Å². The van der Waals surface area contributed by atoms with Crippen LogP contribution < -0.4 is 5.32 Å². The van der Waals surface area contributed by atoms with E-state index in [0.717, 1.165) is 48.2 Å². The molecule has 0 bridgehead atoms. The van der Waals surface area contributed by atoms with Crippen LogP contribution in [0.3, 0.4) is 0 Å². The molecule has 3 aromatic rings. The molecule has 0 atom stereocenters. The molecule has 1 aliphatic rings. The molecule has 1 amide bonds. The van der Waals surface area contributed by atoms with Gasteiger partial charge in [-0.15, -0.1) is 0 Å². The Hall–Kier alpha value is -2.96. The van der Waals surface area contributed by atoms with Gasteiger partial charge < -0.3 is 5.32 Å². The Bertz CT molecular complexity index is 952. The van der Waals surface area contributed by atoms with Gasteiger partial charge in [-0.2, -0.15) is 10.2 Å². The molecular weight excluding hydrogens is 352 g/mol. The number of carbonyl (C=O) groups excluding carboxylic acids is 1. The van der Waals surface area contributed by atoms with E-state index in [1.54, 1.807) is 0 Å². The maximum atomic E-state index is 12.3. The fraction of sp³-hybridized carbons (Fsp3) is 0.429. The highest BCUT2D eigenvalue weighted by Crippen LogP contribution is 2.30. The van der Waals surface area contributed by atoms with Gasteiger partial charge in [-0.3, -0.25) is 14.2 Å². The molecule has 0 spiro atoms. The van der Waals surface area contributed by atoms with Crippen molar-refractivity contribution in [2.75, 3.05) is 6.54 Å². The molecule has 1 aromatic carbocycles. The third-order valence-electron chi connectivity index (χ3n) is 5.05. The van der Waals surface area contributed by atoms with Crippen molar-refractivity contribution in [2.45, 2.75) is 46.2 Å². The Kier molecular flexibility index (Phi) is 5.23. The minimum absolute atomic E-state index is 0.0533. The summed E-state index contributed by atoms with van der Waals surface area (Å²) in [6.07, 6.45) is 7.42. The molecule has 1 fully saturated rings. The highest BCUT2D eigenvalue weighted by Gasteiger charge is 2.22.